The van der Waals surface area contributed by atoms with E-state index in [2.05, 4.69) is 10.6 Å². The van der Waals surface area contributed by atoms with Crippen molar-refractivity contribution in [1.29, 1.82) is 0 Å². The van der Waals surface area contributed by atoms with Gasteiger partial charge in [0, 0.05) is 18.8 Å². The average Bonchev–Trinajstić information content (AvgIpc) is 2.84. The summed E-state index contributed by atoms with van der Waals surface area (Å²) >= 11 is 1.60. The second-order valence-electron chi connectivity index (χ2n) is 9.66. The molecule has 0 fully saturated rings. The molecule has 0 aliphatic carbocycles. The van der Waals surface area contributed by atoms with Crippen molar-refractivity contribution in [3.05, 3.63) is 65.2 Å². The summed E-state index contributed by atoms with van der Waals surface area (Å²) in [5, 5.41) is 5.62. The van der Waals surface area contributed by atoms with Crippen LogP contribution in [0.5, 0.6) is 0 Å². The van der Waals surface area contributed by atoms with Crippen molar-refractivity contribution in [2.75, 3.05) is 23.9 Å². The molecule has 0 radical (unpaired) electrons. The molecule has 2 aromatic rings. The van der Waals surface area contributed by atoms with Gasteiger partial charge in [0.1, 0.15) is 18.2 Å². The standard InChI is InChI=1S/C27H35N3O5S/c1-27(2,3)35-26(33)30-14-12-20-16-22(11-10-21(20)17-30)28-24(31)23(13-15-36-4)29-25(32)34-18-19-8-6-5-7-9-19/h5-11,16,23H,12-15,17-18H2,1-4H3,(H,28,31)(H,29,32)/t23-/m0/s1. The first kappa shape index (κ1) is 27.4. The number of amides is 3. The number of thioether (sulfide) groups is 1. The zero-order valence-corrected chi connectivity index (χ0v) is 22.2. The topological polar surface area (TPSA) is 97.0 Å². The highest BCUT2D eigenvalue weighted by Crippen LogP contribution is 2.24. The Bertz CT molecular complexity index is 1060. The van der Waals surface area contributed by atoms with E-state index in [9.17, 15) is 14.4 Å². The van der Waals surface area contributed by atoms with Crippen LogP contribution in [-0.4, -0.2) is 53.2 Å². The summed E-state index contributed by atoms with van der Waals surface area (Å²) in [7, 11) is 0. The lowest BCUT2D eigenvalue weighted by atomic mass is 9.99. The molecule has 0 saturated heterocycles. The number of carbonyl (C=O) groups excluding carboxylic acids is 3. The lowest BCUT2D eigenvalue weighted by Crippen LogP contribution is -2.44. The van der Waals surface area contributed by atoms with Gasteiger partial charge in [0.2, 0.25) is 5.91 Å². The maximum Gasteiger partial charge on any atom is 0.410 e. The molecule has 9 heteroatoms. The quantitative estimate of drug-likeness (QED) is 0.518. The van der Waals surface area contributed by atoms with Crippen LogP contribution in [0, 0.1) is 0 Å². The zero-order chi connectivity index (χ0) is 26.1. The predicted molar refractivity (Wildman–Crippen MR) is 142 cm³/mol. The molecule has 1 aliphatic heterocycles. The van der Waals surface area contributed by atoms with E-state index in [1.54, 1.807) is 16.7 Å². The van der Waals surface area contributed by atoms with Crippen molar-refractivity contribution in [3.8, 4) is 0 Å². The minimum Gasteiger partial charge on any atom is -0.445 e. The average molecular weight is 514 g/mol. The SMILES string of the molecule is CSCC[C@H](NC(=O)OCc1ccccc1)C(=O)Nc1ccc2c(c1)CCN(C(=O)OC(C)(C)C)C2. The minimum absolute atomic E-state index is 0.134. The Labute approximate surface area is 217 Å². The van der Waals surface area contributed by atoms with Gasteiger partial charge in [-0.25, -0.2) is 9.59 Å². The number of nitrogens with one attached hydrogen (secondary N) is 2. The number of hydrogen-bond acceptors (Lipinski definition) is 6. The summed E-state index contributed by atoms with van der Waals surface area (Å²) in [6.45, 7) is 6.69. The van der Waals surface area contributed by atoms with Crippen molar-refractivity contribution in [3.63, 3.8) is 0 Å². The normalized spacial score (nSPS) is 13.8. The first-order valence-corrected chi connectivity index (χ1v) is 13.4. The number of alkyl carbamates (subject to hydrolysis) is 1. The molecule has 0 bridgehead atoms. The molecule has 0 saturated carbocycles. The van der Waals surface area contributed by atoms with Crippen molar-refractivity contribution in [2.24, 2.45) is 0 Å². The van der Waals surface area contributed by atoms with E-state index in [1.165, 1.54) is 0 Å². The van der Waals surface area contributed by atoms with Crippen LogP contribution in [-0.2, 0) is 33.8 Å². The van der Waals surface area contributed by atoms with Crippen molar-refractivity contribution < 1.29 is 23.9 Å². The third kappa shape index (κ3) is 8.48. The third-order valence-corrected chi connectivity index (χ3v) is 6.21. The summed E-state index contributed by atoms with van der Waals surface area (Å²) in [5.41, 5.74) is 3.07. The third-order valence-electron chi connectivity index (χ3n) is 5.57. The van der Waals surface area contributed by atoms with Crippen LogP contribution in [0.15, 0.2) is 48.5 Å². The zero-order valence-electron chi connectivity index (χ0n) is 21.3. The molecule has 1 aliphatic rings. The van der Waals surface area contributed by atoms with Gasteiger partial charge in [0.25, 0.3) is 0 Å². The highest BCUT2D eigenvalue weighted by Gasteiger charge is 2.26. The number of hydrogen-bond donors (Lipinski definition) is 2. The molecule has 1 heterocycles. The molecule has 36 heavy (non-hydrogen) atoms. The minimum atomic E-state index is -0.723. The van der Waals surface area contributed by atoms with Crippen molar-refractivity contribution in [1.82, 2.24) is 10.2 Å². The Balaban J connectivity index is 1.58. The maximum absolute atomic E-state index is 13.0. The van der Waals surface area contributed by atoms with Crippen LogP contribution in [0.3, 0.4) is 0 Å². The Morgan fingerprint density at radius 1 is 1.08 bits per heavy atom. The number of nitrogens with zero attached hydrogens (tertiary/aromatic N) is 1. The fourth-order valence-corrected chi connectivity index (χ4v) is 4.23. The van der Waals surface area contributed by atoms with Gasteiger partial charge in [-0.3, -0.25) is 4.79 Å². The molecule has 8 nitrogen and oxygen atoms in total. The lowest BCUT2D eigenvalue weighted by Gasteiger charge is -2.31. The molecule has 0 unspecified atom stereocenters. The van der Waals surface area contributed by atoms with Gasteiger partial charge in [-0.1, -0.05) is 36.4 Å². The van der Waals surface area contributed by atoms with Crippen LogP contribution in [0.4, 0.5) is 15.3 Å². The smallest absolute Gasteiger partial charge is 0.410 e. The van der Waals surface area contributed by atoms with E-state index in [-0.39, 0.29) is 18.6 Å². The van der Waals surface area contributed by atoms with Crippen molar-refractivity contribution in [2.45, 2.75) is 58.4 Å². The van der Waals surface area contributed by atoms with E-state index < -0.39 is 17.7 Å². The van der Waals surface area contributed by atoms with E-state index in [1.807, 2.05) is 75.6 Å². The molecule has 194 valence electrons. The van der Waals surface area contributed by atoms with Gasteiger partial charge in [-0.05, 0) is 74.4 Å². The molecule has 0 spiro atoms. The Morgan fingerprint density at radius 3 is 2.53 bits per heavy atom. The fourth-order valence-electron chi connectivity index (χ4n) is 3.75. The van der Waals surface area contributed by atoms with Crippen LogP contribution in [0.25, 0.3) is 0 Å². The summed E-state index contributed by atoms with van der Waals surface area (Å²) in [6.07, 6.45) is 2.13. The Morgan fingerprint density at radius 2 is 1.83 bits per heavy atom. The van der Waals surface area contributed by atoms with Gasteiger partial charge in [0.15, 0.2) is 0 Å². The Hall–Kier alpha value is -3.20. The first-order chi connectivity index (χ1) is 17.1. The molecule has 1 atom stereocenters. The van der Waals surface area contributed by atoms with Gasteiger partial charge in [-0.15, -0.1) is 0 Å². The van der Waals surface area contributed by atoms with Gasteiger partial charge in [0.05, 0.1) is 0 Å². The van der Waals surface area contributed by atoms with E-state index in [0.717, 1.165) is 16.7 Å². The number of benzene rings is 2. The Kier molecular flexibility index (Phi) is 9.64. The van der Waals surface area contributed by atoms with Crippen LogP contribution in [0.1, 0.15) is 43.9 Å². The van der Waals surface area contributed by atoms with Gasteiger partial charge >= 0.3 is 12.2 Å². The molecule has 3 amide bonds. The van der Waals surface area contributed by atoms with E-state index >= 15 is 0 Å². The van der Waals surface area contributed by atoms with Crippen LogP contribution in [0.2, 0.25) is 0 Å². The largest absolute Gasteiger partial charge is 0.445 e. The number of ether oxygens (including phenoxy) is 2. The molecular weight excluding hydrogens is 478 g/mol. The molecule has 0 aromatic heterocycles. The summed E-state index contributed by atoms with van der Waals surface area (Å²) in [6, 6.07) is 14.3. The predicted octanol–water partition coefficient (Wildman–Crippen LogP) is 4.97. The maximum atomic E-state index is 13.0. The summed E-state index contributed by atoms with van der Waals surface area (Å²) < 4.78 is 10.8. The molecule has 3 rings (SSSR count). The lowest BCUT2D eigenvalue weighted by molar-refractivity contribution is -0.118. The van der Waals surface area contributed by atoms with Crippen LogP contribution >= 0.6 is 11.8 Å². The number of fused-ring (bicyclic) bond motifs is 1. The monoisotopic (exact) mass is 513 g/mol. The second-order valence-corrected chi connectivity index (χ2v) is 10.7. The van der Waals surface area contributed by atoms with E-state index in [4.69, 9.17) is 9.47 Å². The number of anilines is 1. The van der Waals surface area contributed by atoms with E-state index in [0.29, 0.717) is 37.4 Å². The number of rotatable bonds is 8. The molecular formula is C27H35N3O5S. The molecule has 2 aromatic carbocycles. The summed E-state index contributed by atoms with van der Waals surface area (Å²) in [5.74, 6) is 0.411. The van der Waals surface area contributed by atoms with Crippen LogP contribution < -0.4 is 10.6 Å². The van der Waals surface area contributed by atoms with Gasteiger partial charge in [-0.2, -0.15) is 11.8 Å². The number of carbonyl (C=O) groups is 3. The first-order valence-electron chi connectivity index (χ1n) is 12.0. The highest BCUT2D eigenvalue weighted by molar-refractivity contribution is 7.98. The fraction of sp³-hybridized carbons (Fsp3) is 0.444. The van der Waals surface area contributed by atoms with Crippen molar-refractivity contribution >= 4 is 35.5 Å². The molecule has 2 N–H and O–H groups in total. The summed E-state index contributed by atoms with van der Waals surface area (Å²) in [4.78, 5) is 39.5. The highest BCUT2D eigenvalue weighted by atomic mass is 32.2. The second kappa shape index (κ2) is 12.7. The van der Waals surface area contributed by atoms with Gasteiger partial charge < -0.3 is 25.0 Å².